The fourth-order valence-corrected chi connectivity index (χ4v) is 2.67. The first kappa shape index (κ1) is 13.1. The number of rotatable bonds is 3. The van der Waals surface area contributed by atoms with Crippen LogP contribution in [0.1, 0.15) is 23.7 Å². The molecule has 4 heteroatoms. The van der Waals surface area contributed by atoms with Gasteiger partial charge in [0.05, 0.1) is 5.69 Å². The van der Waals surface area contributed by atoms with Crippen LogP contribution < -0.4 is 10.2 Å². The van der Waals surface area contributed by atoms with Gasteiger partial charge in [-0.2, -0.15) is 0 Å². The maximum Gasteiger partial charge on any atom is 0.141 e. The SMILES string of the molecule is CCN(c1ccc(C)cc1)c1ncnc2c1CNCC2. The van der Waals surface area contributed by atoms with Crippen molar-refractivity contribution in [2.24, 2.45) is 0 Å². The third-order valence-corrected chi connectivity index (χ3v) is 3.77. The molecule has 1 N–H and O–H groups in total. The topological polar surface area (TPSA) is 41.1 Å². The number of nitrogens with zero attached hydrogens (tertiary/aromatic N) is 3. The van der Waals surface area contributed by atoms with E-state index in [1.54, 1.807) is 6.33 Å². The Morgan fingerprint density at radius 1 is 1.20 bits per heavy atom. The van der Waals surface area contributed by atoms with Crippen molar-refractivity contribution in [2.75, 3.05) is 18.0 Å². The second-order valence-electron chi connectivity index (χ2n) is 5.13. The van der Waals surface area contributed by atoms with Crippen molar-refractivity contribution in [3.63, 3.8) is 0 Å². The van der Waals surface area contributed by atoms with Gasteiger partial charge in [0, 0.05) is 37.3 Å². The van der Waals surface area contributed by atoms with E-state index in [1.165, 1.54) is 22.5 Å². The lowest BCUT2D eigenvalue weighted by Gasteiger charge is -2.27. The zero-order valence-electron chi connectivity index (χ0n) is 12.1. The van der Waals surface area contributed by atoms with Crippen molar-refractivity contribution >= 4 is 11.5 Å². The zero-order chi connectivity index (χ0) is 13.9. The Hall–Kier alpha value is -1.94. The molecule has 0 fully saturated rings. The van der Waals surface area contributed by atoms with E-state index in [9.17, 15) is 0 Å². The maximum absolute atomic E-state index is 4.54. The standard InChI is InChI=1S/C16H20N4/c1-3-20(13-6-4-12(2)5-7-13)16-14-10-17-9-8-15(14)18-11-19-16/h4-7,11,17H,3,8-10H2,1-2H3. The van der Waals surface area contributed by atoms with Gasteiger partial charge in [-0.05, 0) is 26.0 Å². The van der Waals surface area contributed by atoms with Gasteiger partial charge in [-0.3, -0.25) is 0 Å². The Morgan fingerprint density at radius 3 is 2.75 bits per heavy atom. The van der Waals surface area contributed by atoms with Crippen LogP contribution in [0.4, 0.5) is 11.5 Å². The van der Waals surface area contributed by atoms with Gasteiger partial charge in [-0.25, -0.2) is 9.97 Å². The smallest absolute Gasteiger partial charge is 0.141 e. The average molecular weight is 268 g/mol. The number of benzene rings is 1. The number of hydrogen-bond acceptors (Lipinski definition) is 4. The second kappa shape index (κ2) is 5.59. The molecular formula is C16H20N4. The summed E-state index contributed by atoms with van der Waals surface area (Å²) in [4.78, 5) is 11.2. The molecule has 3 rings (SSSR count). The lowest BCUT2D eigenvalue weighted by molar-refractivity contribution is 0.624. The van der Waals surface area contributed by atoms with Crippen molar-refractivity contribution in [1.82, 2.24) is 15.3 Å². The van der Waals surface area contributed by atoms with Crippen LogP contribution in [0, 0.1) is 6.92 Å². The summed E-state index contributed by atoms with van der Waals surface area (Å²) in [6.45, 7) is 7.02. The van der Waals surface area contributed by atoms with Gasteiger partial charge < -0.3 is 10.2 Å². The first-order chi connectivity index (χ1) is 9.79. The average Bonchev–Trinajstić information content (AvgIpc) is 2.50. The van der Waals surface area contributed by atoms with Crippen LogP contribution in [-0.4, -0.2) is 23.1 Å². The predicted octanol–water partition coefficient (Wildman–Crippen LogP) is 2.59. The normalized spacial score (nSPS) is 13.9. The summed E-state index contributed by atoms with van der Waals surface area (Å²) in [7, 11) is 0. The summed E-state index contributed by atoms with van der Waals surface area (Å²) in [5, 5.41) is 3.41. The lowest BCUT2D eigenvalue weighted by Crippen LogP contribution is -2.28. The van der Waals surface area contributed by atoms with Crippen LogP contribution in [-0.2, 0) is 13.0 Å². The third-order valence-electron chi connectivity index (χ3n) is 3.77. The summed E-state index contributed by atoms with van der Waals surface area (Å²) < 4.78 is 0. The number of hydrogen-bond donors (Lipinski definition) is 1. The molecule has 0 radical (unpaired) electrons. The molecule has 0 unspecified atom stereocenters. The molecule has 1 aromatic heterocycles. The highest BCUT2D eigenvalue weighted by molar-refractivity contribution is 5.63. The van der Waals surface area contributed by atoms with Crippen LogP contribution in [0.15, 0.2) is 30.6 Å². The van der Waals surface area contributed by atoms with E-state index in [2.05, 4.69) is 58.3 Å². The van der Waals surface area contributed by atoms with Gasteiger partial charge >= 0.3 is 0 Å². The number of aromatic nitrogens is 2. The van der Waals surface area contributed by atoms with Gasteiger partial charge in [0.2, 0.25) is 0 Å². The van der Waals surface area contributed by atoms with Crippen LogP contribution in [0.25, 0.3) is 0 Å². The Balaban J connectivity index is 2.03. The predicted molar refractivity (Wildman–Crippen MR) is 81.3 cm³/mol. The highest BCUT2D eigenvalue weighted by atomic mass is 15.2. The summed E-state index contributed by atoms with van der Waals surface area (Å²) in [5.74, 6) is 1.04. The second-order valence-corrected chi connectivity index (χ2v) is 5.13. The molecular weight excluding hydrogens is 248 g/mol. The highest BCUT2D eigenvalue weighted by Gasteiger charge is 2.19. The van der Waals surface area contributed by atoms with E-state index < -0.39 is 0 Å². The van der Waals surface area contributed by atoms with Gasteiger partial charge in [0.1, 0.15) is 12.1 Å². The van der Waals surface area contributed by atoms with E-state index >= 15 is 0 Å². The molecule has 0 aliphatic carbocycles. The van der Waals surface area contributed by atoms with Crippen molar-refractivity contribution in [3.8, 4) is 0 Å². The molecule has 0 saturated carbocycles. The molecule has 0 bridgehead atoms. The first-order valence-electron chi connectivity index (χ1n) is 7.17. The summed E-state index contributed by atoms with van der Waals surface area (Å²) in [6, 6.07) is 8.60. The van der Waals surface area contributed by atoms with Gasteiger partial charge in [0.25, 0.3) is 0 Å². The van der Waals surface area contributed by atoms with Crippen molar-refractivity contribution in [2.45, 2.75) is 26.8 Å². The molecule has 1 aromatic carbocycles. The molecule has 1 aliphatic heterocycles. The molecule has 20 heavy (non-hydrogen) atoms. The first-order valence-corrected chi connectivity index (χ1v) is 7.17. The Bertz CT molecular complexity index is 592. The number of nitrogens with one attached hydrogen (secondary N) is 1. The number of fused-ring (bicyclic) bond motifs is 1. The number of aryl methyl sites for hydroxylation is 1. The number of anilines is 2. The quantitative estimate of drug-likeness (QED) is 0.929. The van der Waals surface area contributed by atoms with Crippen LogP contribution >= 0.6 is 0 Å². The Labute approximate surface area is 119 Å². The Morgan fingerprint density at radius 2 is 2.00 bits per heavy atom. The van der Waals surface area contributed by atoms with E-state index in [4.69, 9.17) is 0 Å². The summed E-state index contributed by atoms with van der Waals surface area (Å²) in [6.07, 6.45) is 2.67. The minimum Gasteiger partial charge on any atom is -0.326 e. The highest BCUT2D eigenvalue weighted by Crippen LogP contribution is 2.28. The lowest BCUT2D eigenvalue weighted by atomic mass is 10.1. The molecule has 104 valence electrons. The molecule has 0 amide bonds. The largest absolute Gasteiger partial charge is 0.326 e. The molecule has 4 nitrogen and oxygen atoms in total. The van der Waals surface area contributed by atoms with Gasteiger partial charge in [-0.1, -0.05) is 17.7 Å². The van der Waals surface area contributed by atoms with E-state index in [1.807, 2.05) is 0 Å². The Kier molecular flexibility index (Phi) is 3.65. The van der Waals surface area contributed by atoms with Gasteiger partial charge in [-0.15, -0.1) is 0 Å². The molecule has 2 heterocycles. The monoisotopic (exact) mass is 268 g/mol. The fraction of sp³-hybridized carbons (Fsp3) is 0.375. The molecule has 0 spiro atoms. The fourth-order valence-electron chi connectivity index (χ4n) is 2.67. The molecule has 0 atom stereocenters. The third kappa shape index (κ3) is 2.39. The maximum atomic E-state index is 4.54. The van der Waals surface area contributed by atoms with Crippen LogP contribution in [0.5, 0.6) is 0 Å². The summed E-state index contributed by atoms with van der Waals surface area (Å²) >= 11 is 0. The van der Waals surface area contributed by atoms with Crippen molar-refractivity contribution in [3.05, 3.63) is 47.4 Å². The van der Waals surface area contributed by atoms with E-state index in [-0.39, 0.29) is 0 Å². The van der Waals surface area contributed by atoms with Crippen LogP contribution in [0.3, 0.4) is 0 Å². The van der Waals surface area contributed by atoms with Crippen molar-refractivity contribution < 1.29 is 0 Å². The van der Waals surface area contributed by atoms with E-state index in [0.717, 1.165) is 31.9 Å². The molecule has 2 aromatic rings. The minimum atomic E-state index is 0.855. The zero-order valence-corrected chi connectivity index (χ0v) is 12.1. The minimum absolute atomic E-state index is 0.855. The summed E-state index contributed by atoms with van der Waals surface area (Å²) in [5.41, 5.74) is 4.88. The molecule has 1 aliphatic rings. The van der Waals surface area contributed by atoms with Crippen LogP contribution in [0.2, 0.25) is 0 Å². The van der Waals surface area contributed by atoms with E-state index in [0.29, 0.717) is 0 Å². The molecule has 0 saturated heterocycles. The van der Waals surface area contributed by atoms with Crippen molar-refractivity contribution in [1.29, 1.82) is 0 Å². The van der Waals surface area contributed by atoms with Gasteiger partial charge in [0.15, 0.2) is 0 Å².